The summed E-state index contributed by atoms with van der Waals surface area (Å²) >= 11 is 0. The number of amides is 1. The molecule has 33 heavy (non-hydrogen) atoms. The molecular weight excluding hydrogens is 531 g/mol. The number of aliphatic imine (C=N–C) groups is 1. The molecule has 2 fully saturated rings. The molecule has 1 N–H and O–H groups in total. The first-order valence-electron chi connectivity index (χ1n) is 12.3. The van der Waals surface area contributed by atoms with Crippen LogP contribution in [0.2, 0.25) is 0 Å². The number of imidazole rings is 1. The van der Waals surface area contributed by atoms with Crippen LogP contribution in [0.1, 0.15) is 66.3 Å². The van der Waals surface area contributed by atoms with Gasteiger partial charge in [-0.05, 0) is 65.2 Å². The Morgan fingerprint density at radius 3 is 2.67 bits per heavy atom. The number of piperidine rings is 2. The zero-order chi connectivity index (χ0) is 23.1. The Bertz CT molecular complexity index is 749. The third-order valence-electron chi connectivity index (χ3n) is 6.43. The second kappa shape index (κ2) is 12.8. The van der Waals surface area contributed by atoms with Crippen molar-refractivity contribution in [3.8, 4) is 0 Å². The fraction of sp³-hybridized carbons (Fsp3) is 0.792. The number of likely N-dealkylation sites (tertiary alicyclic amines) is 2. The molecule has 2 aliphatic heterocycles. The summed E-state index contributed by atoms with van der Waals surface area (Å²) in [5, 5.41) is 3.49. The van der Waals surface area contributed by atoms with E-state index in [-0.39, 0.29) is 30.1 Å². The van der Waals surface area contributed by atoms with Gasteiger partial charge in [0, 0.05) is 51.7 Å². The maximum Gasteiger partial charge on any atom is 0.410 e. The van der Waals surface area contributed by atoms with E-state index in [1.54, 1.807) is 0 Å². The summed E-state index contributed by atoms with van der Waals surface area (Å²) in [6.07, 6.45) is 9.97. The van der Waals surface area contributed by atoms with Gasteiger partial charge >= 0.3 is 6.09 Å². The van der Waals surface area contributed by atoms with Crippen molar-refractivity contribution in [1.29, 1.82) is 0 Å². The zero-order valence-corrected chi connectivity index (χ0v) is 23.3. The Kier molecular flexibility index (Phi) is 10.8. The molecule has 9 heteroatoms. The summed E-state index contributed by atoms with van der Waals surface area (Å²) in [4.78, 5) is 25.9. The molecule has 2 saturated heterocycles. The second-order valence-electron chi connectivity index (χ2n) is 10.2. The number of aromatic nitrogens is 2. The maximum atomic E-state index is 12.4. The highest BCUT2D eigenvalue weighted by Gasteiger charge is 2.30. The molecule has 8 nitrogen and oxygen atoms in total. The topological polar surface area (TPSA) is 75.0 Å². The highest BCUT2D eigenvalue weighted by molar-refractivity contribution is 14.0. The van der Waals surface area contributed by atoms with Gasteiger partial charge in [-0.1, -0.05) is 6.92 Å². The van der Waals surface area contributed by atoms with Crippen molar-refractivity contribution in [3.05, 3.63) is 18.7 Å². The maximum absolute atomic E-state index is 12.4. The normalized spacial score (nSPS) is 24.3. The predicted octanol–water partition coefficient (Wildman–Crippen LogP) is 4.39. The van der Waals surface area contributed by atoms with Gasteiger partial charge in [0.05, 0.1) is 12.4 Å². The molecule has 3 heterocycles. The van der Waals surface area contributed by atoms with Crippen LogP contribution in [0, 0.1) is 11.8 Å². The summed E-state index contributed by atoms with van der Waals surface area (Å²) in [5.41, 5.74) is -0.449. The quantitative estimate of drug-likeness (QED) is 0.321. The van der Waals surface area contributed by atoms with Crippen molar-refractivity contribution in [2.45, 2.75) is 71.9 Å². The lowest BCUT2D eigenvalue weighted by Crippen LogP contribution is -2.49. The predicted molar refractivity (Wildman–Crippen MR) is 143 cm³/mol. The van der Waals surface area contributed by atoms with Crippen LogP contribution in [0.3, 0.4) is 0 Å². The average Bonchev–Trinajstić information content (AvgIpc) is 3.27. The standard InChI is InChI=1S/C24H42N6O2.HI/c1-6-26-22(28-14-10-19(2)21(17-28)30-15-12-25-18-30)27-11-9-20-8-7-13-29(16-20)23(31)32-24(3,4)5;/h12,15,18-21H,6-11,13-14,16-17H2,1-5H3,(H,26,27);1H. The third-order valence-corrected chi connectivity index (χ3v) is 6.43. The fourth-order valence-electron chi connectivity index (χ4n) is 4.67. The van der Waals surface area contributed by atoms with Crippen molar-refractivity contribution >= 4 is 36.0 Å². The number of halogens is 1. The van der Waals surface area contributed by atoms with Gasteiger partial charge in [-0.15, -0.1) is 24.0 Å². The van der Waals surface area contributed by atoms with Gasteiger partial charge in [-0.25, -0.2) is 9.78 Å². The summed E-state index contributed by atoms with van der Waals surface area (Å²) in [7, 11) is 0. The molecule has 2 aliphatic rings. The molecule has 0 radical (unpaired) electrons. The molecular formula is C24H43IN6O2. The summed E-state index contributed by atoms with van der Waals surface area (Å²) in [6, 6.07) is 0.413. The van der Waals surface area contributed by atoms with Crippen molar-refractivity contribution < 1.29 is 9.53 Å². The lowest BCUT2D eigenvalue weighted by Gasteiger charge is -2.39. The van der Waals surface area contributed by atoms with E-state index in [4.69, 9.17) is 9.73 Å². The van der Waals surface area contributed by atoms with Crippen molar-refractivity contribution in [2.24, 2.45) is 16.8 Å². The van der Waals surface area contributed by atoms with Crippen LogP contribution in [0.25, 0.3) is 0 Å². The SMILES string of the molecule is CCNC(=NCCC1CCCN(C(=O)OC(C)(C)C)C1)N1CCC(C)C(n2ccnc2)C1.I. The Hall–Kier alpha value is -1.52. The van der Waals surface area contributed by atoms with E-state index < -0.39 is 5.60 Å². The monoisotopic (exact) mass is 574 g/mol. The summed E-state index contributed by atoms with van der Waals surface area (Å²) in [5.74, 6) is 2.09. The zero-order valence-electron chi connectivity index (χ0n) is 21.0. The Morgan fingerprint density at radius 1 is 1.21 bits per heavy atom. The molecule has 3 rings (SSSR count). The molecule has 188 valence electrons. The van der Waals surface area contributed by atoms with Crippen molar-refractivity contribution in [3.63, 3.8) is 0 Å². The van der Waals surface area contributed by atoms with Gasteiger partial charge in [0.25, 0.3) is 0 Å². The Labute approximate surface area is 216 Å². The van der Waals surface area contributed by atoms with E-state index in [0.717, 1.165) is 70.9 Å². The van der Waals surface area contributed by atoms with E-state index in [9.17, 15) is 4.79 Å². The number of hydrogen-bond acceptors (Lipinski definition) is 4. The van der Waals surface area contributed by atoms with Crippen molar-refractivity contribution in [2.75, 3.05) is 39.3 Å². The number of ether oxygens (including phenoxy) is 1. The van der Waals surface area contributed by atoms with Crippen LogP contribution in [-0.2, 0) is 4.74 Å². The van der Waals surface area contributed by atoms with Crippen LogP contribution in [0.5, 0.6) is 0 Å². The van der Waals surface area contributed by atoms with Gasteiger partial charge in [0.1, 0.15) is 5.60 Å². The number of nitrogens with one attached hydrogen (secondary N) is 1. The molecule has 1 aromatic rings. The molecule has 0 aromatic carbocycles. The van der Waals surface area contributed by atoms with Crippen molar-refractivity contribution in [1.82, 2.24) is 24.7 Å². The summed E-state index contributed by atoms with van der Waals surface area (Å²) in [6.45, 7) is 15.4. The molecule has 3 unspecified atom stereocenters. The van der Waals surface area contributed by atoms with Crippen LogP contribution >= 0.6 is 24.0 Å². The Balaban J connectivity index is 0.00000385. The lowest BCUT2D eigenvalue weighted by molar-refractivity contribution is 0.0163. The minimum absolute atomic E-state index is 0. The first-order chi connectivity index (χ1) is 15.3. The van der Waals surface area contributed by atoms with Gasteiger partial charge in [-0.3, -0.25) is 4.99 Å². The number of carbonyl (C=O) groups is 1. The number of hydrogen-bond donors (Lipinski definition) is 1. The first kappa shape index (κ1) is 27.7. The van der Waals surface area contributed by atoms with E-state index >= 15 is 0 Å². The minimum Gasteiger partial charge on any atom is -0.444 e. The van der Waals surface area contributed by atoms with Crippen LogP contribution < -0.4 is 5.32 Å². The molecule has 1 aromatic heterocycles. The van der Waals surface area contributed by atoms with Crippen LogP contribution in [-0.4, -0.2) is 76.3 Å². The highest BCUT2D eigenvalue weighted by Crippen LogP contribution is 2.27. The van der Waals surface area contributed by atoms with E-state index in [0.29, 0.717) is 17.9 Å². The fourth-order valence-corrected chi connectivity index (χ4v) is 4.67. The molecule has 0 aliphatic carbocycles. The van der Waals surface area contributed by atoms with Gasteiger partial charge < -0.3 is 24.4 Å². The number of nitrogens with zero attached hydrogens (tertiary/aromatic N) is 5. The highest BCUT2D eigenvalue weighted by atomic mass is 127. The number of guanidine groups is 1. The molecule has 3 atom stereocenters. The van der Waals surface area contributed by atoms with E-state index in [1.807, 2.05) is 38.2 Å². The molecule has 0 saturated carbocycles. The smallest absolute Gasteiger partial charge is 0.410 e. The number of carbonyl (C=O) groups excluding carboxylic acids is 1. The first-order valence-corrected chi connectivity index (χ1v) is 12.3. The number of rotatable bonds is 5. The van der Waals surface area contributed by atoms with Crippen LogP contribution in [0.15, 0.2) is 23.7 Å². The Morgan fingerprint density at radius 2 is 2.00 bits per heavy atom. The van der Waals surface area contributed by atoms with Gasteiger partial charge in [-0.2, -0.15) is 0 Å². The molecule has 1 amide bonds. The van der Waals surface area contributed by atoms with E-state index in [1.165, 1.54) is 0 Å². The molecule has 0 bridgehead atoms. The summed E-state index contributed by atoms with van der Waals surface area (Å²) < 4.78 is 7.79. The van der Waals surface area contributed by atoms with E-state index in [2.05, 4.69) is 39.8 Å². The van der Waals surface area contributed by atoms with Crippen LogP contribution in [0.4, 0.5) is 4.79 Å². The second-order valence-corrected chi connectivity index (χ2v) is 10.2. The van der Waals surface area contributed by atoms with Gasteiger partial charge in [0.2, 0.25) is 0 Å². The third kappa shape index (κ3) is 8.33. The molecule has 0 spiro atoms. The van der Waals surface area contributed by atoms with Gasteiger partial charge in [0.15, 0.2) is 5.96 Å². The minimum atomic E-state index is -0.449. The average molecular weight is 575 g/mol. The lowest BCUT2D eigenvalue weighted by atomic mass is 9.93. The largest absolute Gasteiger partial charge is 0.444 e.